The number of nitriles is 1. The molecule has 2 heteroatoms. The van der Waals surface area contributed by atoms with E-state index in [0.717, 1.165) is 12.1 Å². The normalized spacial score (nSPS) is 8.27. The Kier molecular flexibility index (Phi) is 1.90. The second-order valence-electron chi connectivity index (χ2n) is 1.97. The molecule has 0 spiro atoms. The average Bonchev–Trinajstić information content (AvgIpc) is 2.03. The zero-order chi connectivity index (χ0) is 8.27. The molecule has 0 aliphatic carbocycles. The van der Waals surface area contributed by atoms with Gasteiger partial charge in [0.05, 0.1) is 11.6 Å². The van der Waals surface area contributed by atoms with E-state index in [-0.39, 0.29) is 11.1 Å². The summed E-state index contributed by atoms with van der Waals surface area (Å²) >= 11 is 0. The van der Waals surface area contributed by atoms with Crippen molar-refractivity contribution < 1.29 is 4.39 Å². The lowest BCUT2D eigenvalue weighted by Crippen LogP contribution is -1.81. The van der Waals surface area contributed by atoms with Gasteiger partial charge >= 0.3 is 0 Å². The zero-order valence-corrected chi connectivity index (χ0v) is 5.56. The molecule has 0 bridgehead atoms. The molecule has 0 heterocycles. The van der Waals surface area contributed by atoms with E-state index in [4.69, 9.17) is 11.7 Å². The fourth-order valence-electron chi connectivity index (χ4n) is 0.726. The minimum Gasteiger partial charge on any atom is -0.207 e. The minimum absolute atomic E-state index is 0.208. The van der Waals surface area contributed by atoms with E-state index in [0.29, 0.717) is 0 Å². The first-order valence-electron chi connectivity index (χ1n) is 2.89. The third-order valence-electron chi connectivity index (χ3n) is 1.17. The van der Waals surface area contributed by atoms with Crippen LogP contribution in [-0.4, -0.2) is 0 Å². The monoisotopic (exact) mass is 144 g/mol. The maximum atomic E-state index is 12.5. The Hall–Kier alpha value is -1.80. The van der Waals surface area contributed by atoms with Crippen molar-refractivity contribution in [2.24, 2.45) is 0 Å². The van der Waals surface area contributed by atoms with Gasteiger partial charge in [-0.1, -0.05) is 5.92 Å². The highest BCUT2D eigenvalue weighted by Gasteiger charge is 1.96. The maximum Gasteiger partial charge on any atom is 0.125 e. The second-order valence-corrected chi connectivity index (χ2v) is 1.97. The van der Waals surface area contributed by atoms with Gasteiger partial charge in [-0.15, -0.1) is 0 Å². The molecule has 0 aliphatic rings. The van der Waals surface area contributed by atoms with E-state index in [9.17, 15) is 4.39 Å². The Labute approximate surface area is 64.1 Å². The predicted octanol–water partition coefficient (Wildman–Crippen LogP) is 1.64. The lowest BCUT2D eigenvalue weighted by molar-refractivity contribution is 0.627. The van der Waals surface area contributed by atoms with Crippen molar-refractivity contribution in [1.29, 1.82) is 5.26 Å². The van der Waals surface area contributed by atoms with Crippen molar-refractivity contribution in [1.82, 2.24) is 0 Å². The summed E-state index contributed by atoms with van der Waals surface area (Å²) in [5, 5.41) is 8.38. The van der Waals surface area contributed by atoms with E-state index < -0.39 is 5.82 Å². The van der Waals surface area contributed by atoms with Crippen molar-refractivity contribution in [3.63, 3.8) is 0 Å². The third kappa shape index (κ3) is 1.56. The molecule has 0 aromatic heterocycles. The molecule has 1 radical (unpaired) electrons. The van der Waals surface area contributed by atoms with Crippen LogP contribution in [0.4, 0.5) is 4.39 Å². The Balaban J connectivity index is 3.28. The fraction of sp³-hybridized carbons (Fsp3) is 0. The van der Waals surface area contributed by atoms with Gasteiger partial charge < -0.3 is 0 Å². The quantitative estimate of drug-likeness (QED) is 0.508. The predicted molar refractivity (Wildman–Crippen MR) is 37.3 cm³/mol. The molecule has 51 valence electrons. The van der Waals surface area contributed by atoms with Crippen LogP contribution in [0.25, 0.3) is 0 Å². The smallest absolute Gasteiger partial charge is 0.125 e. The number of hydrogen-bond donors (Lipinski definition) is 0. The Morgan fingerprint density at radius 2 is 1.91 bits per heavy atom. The van der Waals surface area contributed by atoms with Crippen molar-refractivity contribution in [3.05, 3.63) is 41.6 Å². The van der Waals surface area contributed by atoms with Gasteiger partial charge in [0.2, 0.25) is 0 Å². The topological polar surface area (TPSA) is 23.8 Å². The summed E-state index contributed by atoms with van der Waals surface area (Å²) < 4.78 is 12.5. The van der Waals surface area contributed by atoms with Gasteiger partial charge in [0.15, 0.2) is 0 Å². The third-order valence-corrected chi connectivity index (χ3v) is 1.17. The molecule has 1 rings (SSSR count). The van der Waals surface area contributed by atoms with Crippen LogP contribution in [0.15, 0.2) is 18.2 Å². The summed E-state index contributed by atoms with van der Waals surface area (Å²) in [6, 6.07) is 5.44. The van der Waals surface area contributed by atoms with Crippen LogP contribution >= 0.6 is 0 Å². The molecular weight excluding hydrogens is 141 g/mol. The summed E-state index contributed by atoms with van der Waals surface area (Å²) in [7, 11) is 0. The Morgan fingerprint density at radius 1 is 1.27 bits per heavy atom. The SMILES string of the molecule is [C]#Cc1cc(F)cc(C#N)c1. The molecule has 0 atom stereocenters. The molecule has 0 fully saturated rings. The van der Waals surface area contributed by atoms with E-state index in [1.54, 1.807) is 6.07 Å². The van der Waals surface area contributed by atoms with Gasteiger partial charge in [-0.05, 0) is 24.6 Å². The first-order valence-corrected chi connectivity index (χ1v) is 2.89. The highest BCUT2D eigenvalue weighted by molar-refractivity contribution is 5.39. The number of nitrogens with zero attached hydrogens (tertiary/aromatic N) is 1. The van der Waals surface area contributed by atoms with E-state index in [1.807, 2.05) is 5.92 Å². The van der Waals surface area contributed by atoms with Crippen molar-refractivity contribution in [2.75, 3.05) is 0 Å². The standard InChI is InChI=1S/C9H3FN/c1-2-7-3-8(6-11)5-9(10)4-7/h3-5H. The first kappa shape index (κ1) is 7.31. The van der Waals surface area contributed by atoms with Crippen LogP contribution in [0.5, 0.6) is 0 Å². The Morgan fingerprint density at radius 3 is 2.45 bits per heavy atom. The summed E-state index contributed by atoms with van der Waals surface area (Å²) in [6.07, 6.45) is 6.69. The van der Waals surface area contributed by atoms with Gasteiger partial charge in [-0.2, -0.15) is 5.26 Å². The highest BCUT2D eigenvalue weighted by atomic mass is 19.1. The van der Waals surface area contributed by atoms with Crippen LogP contribution in [0, 0.1) is 29.5 Å². The molecule has 0 saturated carbocycles. The van der Waals surface area contributed by atoms with Gasteiger partial charge in [0.25, 0.3) is 0 Å². The van der Waals surface area contributed by atoms with Crippen LogP contribution in [0.2, 0.25) is 0 Å². The molecule has 11 heavy (non-hydrogen) atoms. The van der Waals surface area contributed by atoms with Gasteiger partial charge in [-0.25, -0.2) is 4.39 Å². The molecule has 0 unspecified atom stereocenters. The number of benzene rings is 1. The molecule has 1 aromatic carbocycles. The average molecular weight is 144 g/mol. The fourth-order valence-corrected chi connectivity index (χ4v) is 0.726. The van der Waals surface area contributed by atoms with E-state index in [2.05, 4.69) is 0 Å². The molecular formula is C9H3FN. The van der Waals surface area contributed by atoms with Crippen LogP contribution in [0.3, 0.4) is 0 Å². The summed E-state index contributed by atoms with van der Waals surface area (Å²) in [4.78, 5) is 0. The van der Waals surface area contributed by atoms with Gasteiger partial charge in [0, 0.05) is 5.56 Å². The lowest BCUT2D eigenvalue weighted by atomic mass is 10.1. The van der Waals surface area contributed by atoms with Crippen molar-refractivity contribution in [3.8, 4) is 12.0 Å². The lowest BCUT2D eigenvalue weighted by Gasteiger charge is -1.91. The maximum absolute atomic E-state index is 12.5. The zero-order valence-electron chi connectivity index (χ0n) is 5.56. The summed E-state index contributed by atoms with van der Waals surface area (Å²) in [5.74, 6) is 1.49. The number of hydrogen-bond acceptors (Lipinski definition) is 1. The molecule has 1 aromatic rings. The summed E-state index contributed by atoms with van der Waals surface area (Å²) in [5.41, 5.74) is 0.487. The van der Waals surface area contributed by atoms with Crippen LogP contribution in [0.1, 0.15) is 11.1 Å². The number of halogens is 1. The Bertz CT molecular complexity index is 323. The highest BCUT2D eigenvalue weighted by Crippen LogP contribution is 2.06. The first-order chi connectivity index (χ1) is 5.26. The molecule has 0 saturated heterocycles. The largest absolute Gasteiger partial charge is 0.207 e. The molecule has 0 amide bonds. The molecule has 0 N–H and O–H groups in total. The number of rotatable bonds is 0. The summed E-state index contributed by atoms with van der Waals surface area (Å²) in [6.45, 7) is 0. The van der Waals surface area contributed by atoms with Gasteiger partial charge in [-0.3, -0.25) is 0 Å². The van der Waals surface area contributed by atoms with E-state index >= 15 is 0 Å². The van der Waals surface area contributed by atoms with E-state index in [1.165, 1.54) is 6.07 Å². The second kappa shape index (κ2) is 2.86. The van der Waals surface area contributed by atoms with Crippen LogP contribution in [-0.2, 0) is 0 Å². The van der Waals surface area contributed by atoms with Crippen molar-refractivity contribution in [2.45, 2.75) is 0 Å². The van der Waals surface area contributed by atoms with Crippen molar-refractivity contribution >= 4 is 0 Å². The van der Waals surface area contributed by atoms with Crippen LogP contribution < -0.4 is 0 Å². The minimum atomic E-state index is -0.515. The molecule has 1 nitrogen and oxygen atoms in total. The van der Waals surface area contributed by atoms with Gasteiger partial charge in [0.1, 0.15) is 5.82 Å². The molecule has 0 aliphatic heterocycles.